The van der Waals surface area contributed by atoms with E-state index in [4.69, 9.17) is 5.11 Å². The van der Waals surface area contributed by atoms with Crippen molar-refractivity contribution in [1.82, 2.24) is 5.32 Å². The standard InChI is InChI=1S/C16H23NO3S/c1-10(2)8-12-4-6-13(7-5-12)11(3)15(18)17-14(9-21)16(19)20/h4-7,10-11,14,21H,8-9H2,1-3H3,(H,17,18)(H,19,20)/t11-,14+/m1/s1. The number of carbonyl (C=O) groups is 2. The summed E-state index contributed by atoms with van der Waals surface area (Å²) in [6, 6.07) is 6.94. The normalized spacial score (nSPS) is 13.8. The summed E-state index contributed by atoms with van der Waals surface area (Å²) in [5.74, 6) is -1.10. The molecule has 0 aromatic heterocycles. The lowest BCUT2D eigenvalue weighted by Crippen LogP contribution is -2.43. The van der Waals surface area contributed by atoms with Crippen LogP contribution in [0.15, 0.2) is 24.3 Å². The number of aliphatic carboxylic acids is 1. The number of hydrogen-bond donors (Lipinski definition) is 3. The molecule has 0 bridgehead atoms. The van der Waals surface area contributed by atoms with E-state index in [-0.39, 0.29) is 17.6 Å². The van der Waals surface area contributed by atoms with Gasteiger partial charge in [-0.25, -0.2) is 4.79 Å². The van der Waals surface area contributed by atoms with Crippen LogP contribution in [-0.2, 0) is 16.0 Å². The number of benzene rings is 1. The Labute approximate surface area is 131 Å². The molecule has 1 aromatic rings. The molecule has 0 saturated heterocycles. The van der Waals surface area contributed by atoms with Crippen LogP contribution in [0.2, 0.25) is 0 Å². The number of carboxylic acid groups (broad SMARTS) is 1. The lowest BCUT2D eigenvalue weighted by Gasteiger charge is -2.17. The highest BCUT2D eigenvalue weighted by Gasteiger charge is 2.22. The second-order valence-corrected chi connectivity index (χ2v) is 6.01. The predicted octanol–water partition coefficient (Wildman–Crippen LogP) is 2.49. The van der Waals surface area contributed by atoms with E-state index in [2.05, 4.69) is 31.8 Å². The van der Waals surface area contributed by atoms with Gasteiger partial charge in [-0.3, -0.25) is 4.79 Å². The van der Waals surface area contributed by atoms with Gasteiger partial charge in [-0.05, 0) is 30.4 Å². The predicted molar refractivity (Wildman–Crippen MR) is 86.8 cm³/mol. The van der Waals surface area contributed by atoms with Gasteiger partial charge in [0.1, 0.15) is 6.04 Å². The van der Waals surface area contributed by atoms with Gasteiger partial charge in [0.25, 0.3) is 0 Å². The van der Waals surface area contributed by atoms with E-state index in [1.807, 2.05) is 24.3 Å². The van der Waals surface area contributed by atoms with Crippen molar-refractivity contribution in [2.75, 3.05) is 5.75 Å². The van der Waals surface area contributed by atoms with Crippen molar-refractivity contribution in [3.05, 3.63) is 35.4 Å². The van der Waals surface area contributed by atoms with Crippen molar-refractivity contribution < 1.29 is 14.7 Å². The number of thiol groups is 1. The zero-order valence-electron chi connectivity index (χ0n) is 12.7. The molecule has 4 nitrogen and oxygen atoms in total. The minimum absolute atomic E-state index is 0.0706. The van der Waals surface area contributed by atoms with Crippen LogP contribution in [0.25, 0.3) is 0 Å². The first-order valence-electron chi connectivity index (χ1n) is 7.08. The van der Waals surface area contributed by atoms with Crippen LogP contribution in [0.5, 0.6) is 0 Å². The molecule has 0 aliphatic rings. The molecule has 1 amide bonds. The van der Waals surface area contributed by atoms with Crippen molar-refractivity contribution in [2.24, 2.45) is 5.92 Å². The molecule has 1 aromatic carbocycles. The third-order valence-corrected chi connectivity index (χ3v) is 3.68. The van der Waals surface area contributed by atoms with Gasteiger partial charge in [0.15, 0.2) is 0 Å². The zero-order chi connectivity index (χ0) is 16.0. The average molecular weight is 309 g/mol. The van der Waals surface area contributed by atoms with Crippen molar-refractivity contribution >= 4 is 24.5 Å². The molecule has 2 atom stereocenters. The molecule has 0 spiro atoms. The van der Waals surface area contributed by atoms with Crippen LogP contribution in [0, 0.1) is 5.92 Å². The Bertz CT molecular complexity index is 485. The Morgan fingerprint density at radius 1 is 1.19 bits per heavy atom. The molecule has 0 heterocycles. The fourth-order valence-corrected chi connectivity index (χ4v) is 2.29. The summed E-state index contributed by atoms with van der Waals surface area (Å²) < 4.78 is 0. The molecular formula is C16H23NO3S. The third-order valence-electron chi connectivity index (χ3n) is 3.31. The number of rotatable bonds is 7. The molecule has 5 heteroatoms. The molecule has 0 radical (unpaired) electrons. The number of carbonyl (C=O) groups excluding carboxylic acids is 1. The monoisotopic (exact) mass is 309 g/mol. The Morgan fingerprint density at radius 3 is 2.19 bits per heavy atom. The van der Waals surface area contributed by atoms with Gasteiger partial charge in [-0.1, -0.05) is 38.1 Å². The smallest absolute Gasteiger partial charge is 0.327 e. The summed E-state index contributed by atoms with van der Waals surface area (Å²) in [6.45, 7) is 6.09. The first-order chi connectivity index (χ1) is 9.85. The Balaban J connectivity index is 2.71. The fourth-order valence-electron chi connectivity index (χ4n) is 2.05. The first kappa shape index (κ1) is 17.6. The van der Waals surface area contributed by atoms with Gasteiger partial charge >= 0.3 is 5.97 Å². The zero-order valence-corrected chi connectivity index (χ0v) is 13.6. The molecule has 1 rings (SSSR count). The van der Waals surface area contributed by atoms with Crippen LogP contribution in [0.4, 0.5) is 0 Å². The summed E-state index contributed by atoms with van der Waals surface area (Å²) in [4.78, 5) is 23.0. The van der Waals surface area contributed by atoms with Crippen molar-refractivity contribution in [3.63, 3.8) is 0 Å². The van der Waals surface area contributed by atoms with Crippen LogP contribution >= 0.6 is 12.6 Å². The van der Waals surface area contributed by atoms with E-state index >= 15 is 0 Å². The molecule has 21 heavy (non-hydrogen) atoms. The van der Waals surface area contributed by atoms with Gasteiger partial charge in [-0.2, -0.15) is 12.6 Å². The molecule has 0 saturated carbocycles. The van der Waals surface area contributed by atoms with E-state index < -0.39 is 12.0 Å². The minimum atomic E-state index is -1.07. The van der Waals surface area contributed by atoms with Gasteiger partial charge in [0, 0.05) is 5.75 Å². The topological polar surface area (TPSA) is 66.4 Å². The van der Waals surface area contributed by atoms with Gasteiger partial charge in [0.2, 0.25) is 5.91 Å². The quantitative estimate of drug-likeness (QED) is 0.678. The number of carboxylic acids is 1. The Kier molecular flexibility index (Phi) is 6.75. The van der Waals surface area contributed by atoms with Crippen LogP contribution in [-0.4, -0.2) is 28.8 Å². The summed E-state index contributed by atoms with van der Waals surface area (Å²) in [5, 5.41) is 11.4. The average Bonchev–Trinajstić information content (AvgIpc) is 2.43. The van der Waals surface area contributed by atoms with E-state index in [0.717, 1.165) is 12.0 Å². The maximum atomic E-state index is 12.1. The van der Waals surface area contributed by atoms with E-state index in [1.54, 1.807) is 6.92 Å². The van der Waals surface area contributed by atoms with Crippen molar-refractivity contribution in [2.45, 2.75) is 39.2 Å². The van der Waals surface area contributed by atoms with Crippen LogP contribution in [0.3, 0.4) is 0 Å². The SMILES string of the molecule is CC(C)Cc1ccc([C@@H](C)C(=O)N[C@@H](CS)C(=O)O)cc1. The number of amides is 1. The fraction of sp³-hybridized carbons (Fsp3) is 0.500. The molecule has 116 valence electrons. The molecular weight excluding hydrogens is 286 g/mol. The molecule has 0 aliphatic heterocycles. The number of nitrogens with one attached hydrogen (secondary N) is 1. The summed E-state index contributed by atoms with van der Waals surface area (Å²) >= 11 is 3.93. The highest BCUT2D eigenvalue weighted by atomic mass is 32.1. The maximum Gasteiger partial charge on any atom is 0.327 e. The maximum absolute atomic E-state index is 12.1. The lowest BCUT2D eigenvalue weighted by atomic mass is 9.96. The number of hydrogen-bond acceptors (Lipinski definition) is 3. The van der Waals surface area contributed by atoms with Gasteiger partial charge < -0.3 is 10.4 Å². The third kappa shape index (κ3) is 5.42. The Hall–Kier alpha value is -1.49. The molecule has 2 N–H and O–H groups in total. The van der Waals surface area contributed by atoms with E-state index in [9.17, 15) is 9.59 Å². The Morgan fingerprint density at radius 2 is 1.76 bits per heavy atom. The first-order valence-corrected chi connectivity index (χ1v) is 7.71. The second-order valence-electron chi connectivity index (χ2n) is 5.64. The second kappa shape index (κ2) is 8.08. The molecule has 0 aliphatic carbocycles. The highest BCUT2D eigenvalue weighted by molar-refractivity contribution is 7.80. The molecule has 0 fully saturated rings. The largest absolute Gasteiger partial charge is 0.480 e. The summed E-state index contributed by atoms with van der Waals surface area (Å²) in [5.41, 5.74) is 2.11. The van der Waals surface area contributed by atoms with Crippen LogP contribution in [0.1, 0.15) is 37.8 Å². The van der Waals surface area contributed by atoms with E-state index in [1.165, 1.54) is 5.56 Å². The molecule has 0 unspecified atom stereocenters. The lowest BCUT2D eigenvalue weighted by molar-refractivity contribution is -0.141. The van der Waals surface area contributed by atoms with Crippen LogP contribution < -0.4 is 5.32 Å². The van der Waals surface area contributed by atoms with Crippen molar-refractivity contribution in [1.29, 1.82) is 0 Å². The summed E-state index contributed by atoms with van der Waals surface area (Å²) in [7, 11) is 0. The summed E-state index contributed by atoms with van der Waals surface area (Å²) in [6.07, 6.45) is 1.00. The van der Waals surface area contributed by atoms with E-state index in [0.29, 0.717) is 5.92 Å². The minimum Gasteiger partial charge on any atom is -0.480 e. The van der Waals surface area contributed by atoms with Crippen molar-refractivity contribution in [3.8, 4) is 0 Å². The van der Waals surface area contributed by atoms with Gasteiger partial charge in [-0.15, -0.1) is 0 Å². The van der Waals surface area contributed by atoms with Gasteiger partial charge in [0.05, 0.1) is 5.92 Å². The highest BCUT2D eigenvalue weighted by Crippen LogP contribution is 2.18.